The molecule has 1 aliphatic heterocycles. The number of rotatable bonds is 9. The van der Waals surface area contributed by atoms with E-state index in [-0.39, 0.29) is 16.9 Å². The minimum absolute atomic E-state index is 0.141. The molecule has 0 radical (unpaired) electrons. The molecule has 1 unspecified atom stereocenters. The van der Waals surface area contributed by atoms with Crippen LogP contribution in [-0.2, 0) is 14.8 Å². The number of amides is 1. The Hall–Kier alpha value is -2.42. The van der Waals surface area contributed by atoms with E-state index in [4.69, 9.17) is 9.47 Å². The normalized spacial score (nSPS) is 16.5. The Balaban J connectivity index is 1.55. The highest BCUT2D eigenvalue weighted by Gasteiger charge is 2.16. The van der Waals surface area contributed by atoms with Crippen LogP contribution in [0.3, 0.4) is 0 Å². The van der Waals surface area contributed by atoms with Crippen molar-refractivity contribution >= 4 is 21.6 Å². The van der Waals surface area contributed by atoms with E-state index >= 15 is 0 Å². The molecule has 29 heavy (non-hydrogen) atoms. The van der Waals surface area contributed by atoms with Crippen LogP contribution in [-0.4, -0.2) is 40.2 Å². The fraction of sp³-hybridized carbons (Fsp3) is 0.381. The first-order valence-electron chi connectivity index (χ1n) is 9.73. The van der Waals surface area contributed by atoms with Crippen molar-refractivity contribution in [3.63, 3.8) is 0 Å². The second-order valence-electron chi connectivity index (χ2n) is 6.85. The zero-order valence-electron chi connectivity index (χ0n) is 16.4. The van der Waals surface area contributed by atoms with E-state index in [1.54, 1.807) is 36.4 Å². The first-order chi connectivity index (χ1) is 14.0. The molecule has 0 bridgehead atoms. The zero-order chi connectivity index (χ0) is 20.7. The third-order valence-electron chi connectivity index (χ3n) is 4.54. The van der Waals surface area contributed by atoms with Crippen molar-refractivity contribution in [1.82, 2.24) is 4.72 Å². The average Bonchev–Trinajstić information content (AvgIpc) is 3.25. The van der Waals surface area contributed by atoms with Gasteiger partial charge in [0.25, 0.3) is 5.91 Å². The van der Waals surface area contributed by atoms with Gasteiger partial charge in [0.1, 0.15) is 12.4 Å². The SMILES string of the molecule is CCCNS(=O)(=O)c1ccc(NC(=O)c2ccc(OCC3CCCO3)cc2)cc1. The molecule has 3 rings (SSSR count). The van der Waals surface area contributed by atoms with Crippen molar-refractivity contribution in [2.45, 2.75) is 37.2 Å². The standard InChI is InChI=1S/C21H26N2O5S/c1-2-13-22-29(25,26)20-11-7-17(8-12-20)23-21(24)16-5-9-18(10-6-16)28-15-19-4-3-14-27-19/h5-12,19,22H,2-4,13-15H2,1H3,(H,23,24). The molecule has 1 fully saturated rings. The van der Waals surface area contributed by atoms with E-state index in [1.807, 2.05) is 6.92 Å². The summed E-state index contributed by atoms with van der Waals surface area (Å²) in [5, 5.41) is 2.76. The molecule has 2 N–H and O–H groups in total. The lowest BCUT2D eigenvalue weighted by Crippen LogP contribution is -2.24. The summed E-state index contributed by atoms with van der Waals surface area (Å²) >= 11 is 0. The predicted octanol–water partition coefficient (Wildman–Crippen LogP) is 3.19. The van der Waals surface area contributed by atoms with Crippen LogP contribution in [0.1, 0.15) is 36.5 Å². The monoisotopic (exact) mass is 418 g/mol. The zero-order valence-corrected chi connectivity index (χ0v) is 17.2. The number of ether oxygens (including phenoxy) is 2. The van der Waals surface area contributed by atoms with Crippen LogP contribution >= 0.6 is 0 Å². The number of anilines is 1. The van der Waals surface area contributed by atoms with Gasteiger partial charge in [-0.2, -0.15) is 0 Å². The highest BCUT2D eigenvalue weighted by Crippen LogP contribution is 2.18. The third kappa shape index (κ3) is 6.03. The number of hydrogen-bond acceptors (Lipinski definition) is 5. The van der Waals surface area contributed by atoms with E-state index in [0.29, 0.717) is 36.6 Å². The Labute approximate surface area is 171 Å². The summed E-state index contributed by atoms with van der Waals surface area (Å²) in [4.78, 5) is 12.6. The van der Waals surface area contributed by atoms with Crippen LogP contribution in [0.4, 0.5) is 5.69 Å². The largest absolute Gasteiger partial charge is 0.491 e. The number of sulfonamides is 1. The molecule has 1 aliphatic rings. The van der Waals surface area contributed by atoms with Gasteiger partial charge in [0, 0.05) is 24.4 Å². The maximum atomic E-state index is 12.4. The van der Waals surface area contributed by atoms with Crippen molar-refractivity contribution in [3.05, 3.63) is 54.1 Å². The Morgan fingerprint density at radius 3 is 2.48 bits per heavy atom. The van der Waals surface area contributed by atoms with Crippen LogP contribution in [0.2, 0.25) is 0 Å². The molecule has 0 saturated carbocycles. The van der Waals surface area contributed by atoms with Gasteiger partial charge >= 0.3 is 0 Å². The molecular weight excluding hydrogens is 392 g/mol. The lowest BCUT2D eigenvalue weighted by molar-refractivity contribution is 0.0679. The van der Waals surface area contributed by atoms with Crippen LogP contribution < -0.4 is 14.8 Å². The number of nitrogens with one attached hydrogen (secondary N) is 2. The van der Waals surface area contributed by atoms with Crippen molar-refractivity contribution in [1.29, 1.82) is 0 Å². The van der Waals surface area contributed by atoms with Gasteiger partial charge in [-0.25, -0.2) is 13.1 Å². The van der Waals surface area contributed by atoms with Gasteiger partial charge in [-0.1, -0.05) is 6.92 Å². The summed E-state index contributed by atoms with van der Waals surface area (Å²) in [6.07, 6.45) is 2.93. The van der Waals surface area contributed by atoms with E-state index in [0.717, 1.165) is 19.4 Å². The number of benzene rings is 2. The van der Waals surface area contributed by atoms with Crippen molar-refractivity contribution in [3.8, 4) is 5.75 Å². The molecule has 1 heterocycles. The molecule has 1 saturated heterocycles. The topological polar surface area (TPSA) is 93.7 Å². The van der Waals surface area contributed by atoms with E-state index in [2.05, 4.69) is 10.0 Å². The summed E-state index contributed by atoms with van der Waals surface area (Å²) in [6, 6.07) is 12.9. The molecule has 0 spiro atoms. The van der Waals surface area contributed by atoms with E-state index in [9.17, 15) is 13.2 Å². The fourth-order valence-electron chi connectivity index (χ4n) is 2.91. The van der Waals surface area contributed by atoms with Gasteiger partial charge in [0.05, 0.1) is 11.0 Å². The smallest absolute Gasteiger partial charge is 0.255 e. The number of carbonyl (C=O) groups excluding carboxylic acids is 1. The van der Waals surface area contributed by atoms with Crippen LogP contribution in [0.5, 0.6) is 5.75 Å². The van der Waals surface area contributed by atoms with Gasteiger partial charge in [0.2, 0.25) is 10.0 Å². The van der Waals surface area contributed by atoms with Crippen LogP contribution in [0.25, 0.3) is 0 Å². The number of hydrogen-bond donors (Lipinski definition) is 2. The second kappa shape index (κ2) is 9.87. The first kappa shape index (κ1) is 21.3. The summed E-state index contributed by atoms with van der Waals surface area (Å²) in [7, 11) is -3.52. The van der Waals surface area contributed by atoms with Gasteiger partial charge < -0.3 is 14.8 Å². The highest BCUT2D eigenvalue weighted by molar-refractivity contribution is 7.89. The average molecular weight is 419 g/mol. The lowest BCUT2D eigenvalue weighted by Gasteiger charge is -2.12. The Morgan fingerprint density at radius 1 is 1.14 bits per heavy atom. The molecule has 156 valence electrons. The van der Waals surface area contributed by atoms with Gasteiger partial charge in [-0.15, -0.1) is 0 Å². The predicted molar refractivity (Wildman–Crippen MR) is 111 cm³/mol. The van der Waals surface area contributed by atoms with E-state index < -0.39 is 10.0 Å². The highest BCUT2D eigenvalue weighted by atomic mass is 32.2. The van der Waals surface area contributed by atoms with Crippen LogP contribution in [0, 0.1) is 0 Å². The lowest BCUT2D eigenvalue weighted by atomic mass is 10.2. The second-order valence-corrected chi connectivity index (χ2v) is 8.61. The Morgan fingerprint density at radius 2 is 1.86 bits per heavy atom. The maximum Gasteiger partial charge on any atom is 0.255 e. The Bertz CT molecular complexity index is 905. The summed E-state index contributed by atoms with van der Waals surface area (Å²) in [5.41, 5.74) is 0.999. The van der Waals surface area contributed by atoms with Gasteiger partial charge in [-0.05, 0) is 67.8 Å². The van der Waals surface area contributed by atoms with Crippen molar-refractivity contribution in [2.24, 2.45) is 0 Å². The molecule has 2 aromatic rings. The molecule has 1 atom stereocenters. The summed E-state index contributed by atoms with van der Waals surface area (Å²) < 4.78 is 37.9. The van der Waals surface area contributed by atoms with Gasteiger partial charge in [0.15, 0.2) is 0 Å². The molecule has 0 aromatic heterocycles. The maximum absolute atomic E-state index is 12.4. The fourth-order valence-corrected chi connectivity index (χ4v) is 4.04. The summed E-state index contributed by atoms with van der Waals surface area (Å²) in [6.45, 7) is 3.57. The van der Waals surface area contributed by atoms with Crippen molar-refractivity contribution < 1.29 is 22.7 Å². The summed E-state index contributed by atoms with van der Waals surface area (Å²) in [5.74, 6) is 0.404. The van der Waals surface area contributed by atoms with Gasteiger partial charge in [-0.3, -0.25) is 4.79 Å². The first-order valence-corrected chi connectivity index (χ1v) is 11.2. The molecule has 2 aromatic carbocycles. The molecule has 0 aliphatic carbocycles. The minimum Gasteiger partial charge on any atom is -0.491 e. The quantitative estimate of drug-likeness (QED) is 0.652. The third-order valence-corrected chi connectivity index (χ3v) is 6.02. The van der Waals surface area contributed by atoms with Crippen LogP contribution in [0.15, 0.2) is 53.4 Å². The number of carbonyl (C=O) groups is 1. The molecule has 1 amide bonds. The van der Waals surface area contributed by atoms with E-state index in [1.165, 1.54) is 12.1 Å². The molecule has 8 heteroatoms. The Kier molecular flexibility index (Phi) is 7.24. The molecular formula is C21H26N2O5S. The molecule has 7 nitrogen and oxygen atoms in total. The minimum atomic E-state index is -3.52. The van der Waals surface area contributed by atoms with Crippen molar-refractivity contribution in [2.75, 3.05) is 25.1 Å².